The molecule has 4 aromatic rings. The first-order valence-corrected chi connectivity index (χ1v) is 8.94. The van der Waals surface area contributed by atoms with E-state index in [-0.39, 0.29) is 16.9 Å². The van der Waals surface area contributed by atoms with E-state index < -0.39 is 24.2 Å². The molecule has 0 fully saturated rings. The van der Waals surface area contributed by atoms with Crippen molar-refractivity contribution >= 4 is 22.6 Å². The SMILES string of the molecule is O=C(Cn1c2ncccc2c(=O)n1-c1ccccc1)Nc1ccccc1C(F)(F)F. The van der Waals surface area contributed by atoms with E-state index in [2.05, 4.69) is 10.3 Å². The number of nitrogens with one attached hydrogen (secondary N) is 1. The van der Waals surface area contributed by atoms with E-state index in [1.807, 2.05) is 0 Å². The lowest BCUT2D eigenvalue weighted by atomic mass is 10.1. The first-order valence-electron chi connectivity index (χ1n) is 8.94. The number of nitrogens with zero attached hydrogens (tertiary/aromatic N) is 3. The summed E-state index contributed by atoms with van der Waals surface area (Å²) in [6, 6.07) is 16.5. The number of rotatable bonds is 4. The third-order valence-electron chi connectivity index (χ3n) is 4.50. The molecule has 0 spiro atoms. The summed E-state index contributed by atoms with van der Waals surface area (Å²) in [5, 5.41) is 2.59. The second-order valence-corrected chi connectivity index (χ2v) is 6.48. The summed E-state index contributed by atoms with van der Waals surface area (Å²) in [6.45, 7) is -0.406. The van der Waals surface area contributed by atoms with Gasteiger partial charge in [-0.1, -0.05) is 30.3 Å². The molecule has 152 valence electrons. The molecule has 0 saturated carbocycles. The summed E-state index contributed by atoms with van der Waals surface area (Å²) in [5.41, 5.74) is -0.926. The van der Waals surface area contributed by atoms with E-state index in [4.69, 9.17) is 0 Å². The van der Waals surface area contributed by atoms with Crippen molar-refractivity contribution in [2.75, 3.05) is 5.32 Å². The van der Waals surface area contributed by atoms with Gasteiger partial charge in [0.15, 0.2) is 5.65 Å². The van der Waals surface area contributed by atoms with E-state index in [1.165, 1.54) is 33.8 Å². The predicted molar refractivity (Wildman–Crippen MR) is 105 cm³/mol. The third kappa shape index (κ3) is 3.57. The summed E-state index contributed by atoms with van der Waals surface area (Å²) < 4.78 is 42.3. The minimum atomic E-state index is -4.61. The molecule has 0 bridgehead atoms. The first kappa shape index (κ1) is 19.4. The lowest BCUT2D eigenvalue weighted by molar-refractivity contribution is -0.137. The van der Waals surface area contributed by atoms with Gasteiger partial charge in [0.1, 0.15) is 6.54 Å². The molecule has 2 aromatic carbocycles. The normalized spacial score (nSPS) is 11.6. The van der Waals surface area contributed by atoms with Crippen LogP contribution in [0.3, 0.4) is 0 Å². The van der Waals surface area contributed by atoms with Gasteiger partial charge in [0.2, 0.25) is 5.91 Å². The van der Waals surface area contributed by atoms with Crippen LogP contribution in [0.1, 0.15) is 5.56 Å². The zero-order chi connectivity index (χ0) is 21.3. The lowest BCUT2D eigenvalue weighted by Gasteiger charge is -2.15. The number of aromatic nitrogens is 3. The molecule has 6 nitrogen and oxygen atoms in total. The number of hydrogen-bond acceptors (Lipinski definition) is 3. The Kier molecular flexibility index (Phi) is 4.86. The van der Waals surface area contributed by atoms with E-state index in [0.717, 1.165) is 6.07 Å². The van der Waals surface area contributed by atoms with Gasteiger partial charge in [-0.15, -0.1) is 0 Å². The number of benzene rings is 2. The highest BCUT2D eigenvalue weighted by molar-refractivity contribution is 5.92. The van der Waals surface area contributed by atoms with Crippen LogP contribution >= 0.6 is 0 Å². The Bertz CT molecular complexity index is 1280. The minimum absolute atomic E-state index is 0.255. The molecule has 2 aromatic heterocycles. The lowest BCUT2D eigenvalue weighted by Crippen LogP contribution is -2.27. The van der Waals surface area contributed by atoms with Crippen molar-refractivity contribution < 1.29 is 18.0 Å². The number of halogens is 3. The van der Waals surface area contributed by atoms with Gasteiger partial charge >= 0.3 is 6.18 Å². The number of fused-ring (bicyclic) bond motifs is 1. The van der Waals surface area contributed by atoms with Crippen molar-refractivity contribution in [1.29, 1.82) is 0 Å². The highest BCUT2D eigenvalue weighted by atomic mass is 19.4. The summed E-state index contributed by atoms with van der Waals surface area (Å²) in [5.74, 6) is -0.723. The number of carbonyl (C=O) groups excluding carboxylic acids is 1. The van der Waals surface area contributed by atoms with E-state index in [0.29, 0.717) is 11.1 Å². The molecule has 2 heterocycles. The van der Waals surface area contributed by atoms with Crippen LogP contribution in [0.5, 0.6) is 0 Å². The molecule has 30 heavy (non-hydrogen) atoms. The van der Waals surface area contributed by atoms with Crippen LogP contribution in [0.15, 0.2) is 77.7 Å². The zero-order valence-electron chi connectivity index (χ0n) is 15.4. The second-order valence-electron chi connectivity index (χ2n) is 6.48. The summed E-state index contributed by atoms with van der Waals surface area (Å²) in [4.78, 5) is 29.7. The van der Waals surface area contributed by atoms with Gasteiger partial charge in [-0.25, -0.2) is 9.67 Å². The third-order valence-corrected chi connectivity index (χ3v) is 4.50. The Labute approximate surface area is 168 Å². The molecule has 0 aliphatic carbocycles. The number of para-hydroxylation sites is 2. The van der Waals surface area contributed by atoms with Crippen LogP contribution in [0.2, 0.25) is 0 Å². The zero-order valence-corrected chi connectivity index (χ0v) is 15.4. The van der Waals surface area contributed by atoms with E-state index >= 15 is 0 Å². The maximum atomic E-state index is 13.2. The summed E-state index contributed by atoms with van der Waals surface area (Å²) >= 11 is 0. The Morgan fingerprint density at radius 2 is 1.67 bits per heavy atom. The molecule has 1 amide bonds. The highest BCUT2D eigenvalue weighted by Crippen LogP contribution is 2.34. The van der Waals surface area contributed by atoms with Crippen LogP contribution in [-0.2, 0) is 17.5 Å². The molecule has 0 atom stereocenters. The van der Waals surface area contributed by atoms with Crippen molar-refractivity contribution in [3.8, 4) is 5.69 Å². The minimum Gasteiger partial charge on any atom is -0.324 e. The average molecular weight is 412 g/mol. The van der Waals surface area contributed by atoms with Gasteiger partial charge in [0.25, 0.3) is 5.56 Å². The number of amides is 1. The molecule has 0 unspecified atom stereocenters. The molecule has 9 heteroatoms. The largest absolute Gasteiger partial charge is 0.418 e. The highest BCUT2D eigenvalue weighted by Gasteiger charge is 2.33. The number of anilines is 1. The average Bonchev–Trinajstić information content (AvgIpc) is 3.00. The maximum Gasteiger partial charge on any atom is 0.418 e. The Balaban J connectivity index is 1.75. The number of hydrogen-bond donors (Lipinski definition) is 1. The fraction of sp³-hybridized carbons (Fsp3) is 0.0952. The Hall–Kier alpha value is -3.88. The first-order chi connectivity index (χ1) is 14.4. The van der Waals surface area contributed by atoms with Gasteiger partial charge < -0.3 is 5.32 Å². The fourth-order valence-corrected chi connectivity index (χ4v) is 3.22. The van der Waals surface area contributed by atoms with E-state index in [1.54, 1.807) is 42.5 Å². The summed E-state index contributed by atoms with van der Waals surface area (Å²) in [6.07, 6.45) is -3.14. The van der Waals surface area contributed by atoms with Crippen LogP contribution in [0, 0.1) is 0 Å². The molecule has 0 radical (unpaired) electrons. The molecule has 4 rings (SSSR count). The maximum absolute atomic E-state index is 13.2. The molecular formula is C21H15F3N4O2. The van der Waals surface area contributed by atoms with Crippen LogP contribution in [-0.4, -0.2) is 20.3 Å². The quantitative estimate of drug-likeness (QED) is 0.554. The van der Waals surface area contributed by atoms with Crippen LogP contribution in [0.25, 0.3) is 16.7 Å². The smallest absolute Gasteiger partial charge is 0.324 e. The van der Waals surface area contributed by atoms with Gasteiger partial charge in [-0.05, 0) is 36.4 Å². The van der Waals surface area contributed by atoms with Crippen LogP contribution < -0.4 is 10.9 Å². The van der Waals surface area contributed by atoms with E-state index in [9.17, 15) is 22.8 Å². The Morgan fingerprint density at radius 1 is 0.967 bits per heavy atom. The molecular weight excluding hydrogens is 397 g/mol. The monoisotopic (exact) mass is 412 g/mol. The topological polar surface area (TPSA) is 68.9 Å². The van der Waals surface area contributed by atoms with Crippen molar-refractivity contribution in [2.24, 2.45) is 0 Å². The van der Waals surface area contributed by atoms with Crippen molar-refractivity contribution in [3.05, 3.63) is 88.8 Å². The number of carbonyl (C=O) groups is 1. The number of alkyl halides is 3. The molecule has 0 saturated heterocycles. The second kappa shape index (κ2) is 7.51. The van der Waals surface area contributed by atoms with Gasteiger partial charge in [0, 0.05) is 6.20 Å². The van der Waals surface area contributed by atoms with Gasteiger partial charge in [-0.2, -0.15) is 13.2 Å². The van der Waals surface area contributed by atoms with Crippen molar-refractivity contribution in [1.82, 2.24) is 14.3 Å². The van der Waals surface area contributed by atoms with Gasteiger partial charge in [0.05, 0.1) is 22.3 Å². The molecule has 0 aliphatic rings. The van der Waals surface area contributed by atoms with Gasteiger partial charge in [-0.3, -0.25) is 14.3 Å². The number of pyridine rings is 1. The predicted octanol–water partition coefficient (Wildman–Crippen LogP) is 3.84. The molecule has 1 N–H and O–H groups in total. The Morgan fingerprint density at radius 3 is 2.40 bits per heavy atom. The molecule has 0 aliphatic heterocycles. The van der Waals surface area contributed by atoms with Crippen molar-refractivity contribution in [2.45, 2.75) is 12.7 Å². The van der Waals surface area contributed by atoms with Crippen molar-refractivity contribution in [3.63, 3.8) is 0 Å². The summed E-state index contributed by atoms with van der Waals surface area (Å²) in [7, 11) is 0. The van der Waals surface area contributed by atoms with Crippen LogP contribution in [0.4, 0.5) is 18.9 Å². The standard InChI is InChI=1S/C21H15F3N4O2/c22-21(23,24)16-10-4-5-11-17(16)26-18(29)13-27-19-15(9-6-12-25-19)20(30)28(27)14-7-2-1-3-8-14/h1-12H,13H2,(H,26,29). The fourth-order valence-electron chi connectivity index (χ4n) is 3.22.